The molecule has 2 rings (SSSR count). The number of phenols is 2. The lowest BCUT2D eigenvalue weighted by molar-refractivity contribution is 0.373. The Morgan fingerprint density at radius 1 is 1.11 bits per heavy atom. The molecule has 5 heteroatoms. The molecule has 2 aromatic carbocycles. The van der Waals surface area contributed by atoms with E-state index < -0.39 is 5.82 Å². The van der Waals surface area contributed by atoms with Gasteiger partial charge in [-0.2, -0.15) is 0 Å². The molecule has 0 aliphatic rings. The van der Waals surface area contributed by atoms with Crippen molar-refractivity contribution in [3.8, 4) is 17.2 Å². The van der Waals surface area contributed by atoms with Crippen LogP contribution in [-0.4, -0.2) is 17.3 Å². The van der Waals surface area contributed by atoms with Crippen LogP contribution in [0.1, 0.15) is 5.56 Å². The van der Waals surface area contributed by atoms with Crippen molar-refractivity contribution in [2.24, 2.45) is 0 Å². The first kappa shape index (κ1) is 13.0. The average molecular weight is 263 g/mol. The lowest BCUT2D eigenvalue weighted by Crippen LogP contribution is -2.00. The summed E-state index contributed by atoms with van der Waals surface area (Å²) >= 11 is 0. The minimum absolute atomic E-state index is 0.0712. The van der Waals surface area contributed by atoms with Crippen molar-refractivity contribution in [1.29, 1.82) is 0 Å². The Hall–Kier alpha value is -2.43. The van der Waals surface area contributed by atoms with E-state index in [9.17, 15) is 9.50 Å². The van der Waals surface area contributed by atoms with Crippen molar-refractivity contribution in [1.82, 2.24) is 0 Å². The Morgan fingerprint density at radius 3 is 2.53 bits per heavy atom. The topological polar surface area (TPSA) is 61.7 Å². The molecule has 19 heavy (non-hydrogen) atoms. The number of nitrogens with one attached hydrogen (secondary N) is 1. The maximum atomic E-state index is 13.1. The van der Waals surface area contributed by atoms with Crippen molar-refractivity contribution in [2.75, 3.05) is 12.4 Å². The van der Waals surface area contributed by atoms with Crippen LogP contribution in [0.25, 0.3) is 0 Å². The van der Waals surface area contributed by atoms with E-state index in [1.807, 2.05) is 0 Å². The molecule has 0 aromatic heterocycles. The summed E-state index contributed by atoms with van der Waals surface area (Å²) in [5, 5.41) is 21.6. The zero-order valence-corrected chi connectivity index (χ0v) is 10.4. The van der Waals surface area contributed by atoms with Gasteiger partial charge in [-0.05, 0) is 29.8 Å². The highest BCUT2D eigenvalue weighted by molar-refractivity contribution is 5.48. The van der Waals surface area contributed by atoms with Crippen LogP contribution in [-0.2, 0) is 6.54 Å². The highest BCUT2D eigenvalue weighted by atomic mass is 19.1. The lowest BCUT2D eigenvalue weighted by Gasteiger charge is -2.09. The smallest absolute Gasteiger partial charge is 0.166 e. The Bertz CT molecular complexity index is 587. The minimum atomic E-state index is -0.673. The Kier molecular flexibility index (Phi) is 3.75. The third-order valence-electron chi connectivity index (χ3n) is 2.69. The first-order valence-electron chi connectivity index (χ1n) is 5.68. The molecule has 2 aromatic rings. The van der Waals surface area contributed by atoms with Gasteiger partial charge >= 0.3 is 0 Å². The normalized spacial score (nSPS) is 10.2. The molecule has 4 nitrogen and oxygen atoms in total. The fourth-order valence-electron chi connectivity index (χ4n) is 1.65. The summed E-state index contributed by atoms with van der Waals surface area (Å²) in [6.45, 7) is 0.445. The highest BCUT2D eigenvalue weighted by Gasteiger charge is 2.04. The number of hydrogen-bond acceptors (Lipinski definition) is 4. The Balaban J connectivity index is 2.07. The van der Waals surface area contributed by atoms with E-state index >= 15 is 0 Å². The molecule has 0 bridgehead atoms. The maximum absolute atomic E-state index is 13.1. The van der Waals surface area contributed by atoms with Crippen molar-refractivity contribution < 1.29 is 19.3 Å². The summed E-state index contributed by atoms with van der Waals surface area (Å²) in [7, 11) is 1.47. The van der Waals surface area contributed by atoms with Gasteiger partial charge in [-0.25, -0.2) is 4.39 Å². The number of rotatable bonds is 4. The molecule has 0 saturated carbocycles. The summed E-state index contributed by atoms with van der Waals surface area (Å²) in [4.78, 5) is 0. The van der Waals surface area contributed by atoms with Crippen LogP contribution >= 0.6 is 0 Å². The second-order valence-corrected chi connectivity index (χ2v) is 4.03. The molecule has 0 aliphatic heterocycles. The van der Waals surface area contributed by atoms with E-state index in [-0.39, 0.29) is 11.5 Å². The molecule has 0 amide bonds. The molecule has 0 aliphatic carbocycles. The van der Waals surface area contributed by atoms with E-state index in [1.165, 1.54) is 25.3 Å². The van der Waals surface area contributed by atoms with Gasteiger partial charge in [-0.1, -0.05) is 6.07 Å². The number of anilines is 1. The molecule has 100 valence electrons. The summed E-state index contributed by atoms with van der Waals surface area (Å²) in [6.07, 6.45) is 0. The Labute approximate surface area is 110 Å². The predicted octanol–water partition coefficient (Wildman–Crippen LogP) is 2.86. The molecule has 0 heterocycles. The molecule has 0 spiro atoms. The molecule has 0 radical (unpaired) electrons. The molecule has 0 fully saturated rings. The number of methoxy groups -OCH3 is 1. The molecule has 0 saturated heterocycles. The van der Waals surface area contributed by atoms with Gasteiger partial charge in [0, 0.05) is 18.3 Å². The standard InChI is InChI=1S/C14H14FNO3/c1-19-14-6-9(2-4-13(14)18)8-16-10-3-5-12(17)11(15)7-10/h2-7,16-18H,8H2,1H3. The third-order valence-corrected chi connectivity index (χ3v) is 2.69. The van der Waals surface area contributed by atoms with Crippen LogP contribution in [0.5, 0.6) is 17.2 Å². The first-order valence-corrected chi connectivity index (χ1v) is 5.68. The molecular formula is C14H14FNO3. The van der Waals surface area contributed by atoms with Crippen molar-refractivity contribution in [3.63, 3.8) is 0 Å². The molecule has 3 N–H and O–H groups in total. The van der Waals surface area contributed by atoms with E-state index in [2.05, 4.69) is 5.32 Å². The minimum Gasteiger partial charge on any atom is -0.505 e. The summed E-state index contributed by atoms with van der Waals surface area (Å²) in [5.74, 6) is -0.594. The fraction of sp³-hybridized carbons (Fsp3) is 0.143. The average Bonchev–Trinajstić information content (AvgIpc) is 2.41. The Morgan fingerprint density at radius 2 is 1.84 bits per heavy atom. The predicted molar refractivity (Wildman–Crippen MR) is 70.1 cm³/mol. The van der Waals surface area contributed by atoms with Crippen LogP contribution in [0.3, 0.4) is 0 Å². The fourth-order valence-corrected chi connectivity index (χ4v) is 1.65. The van der Waals surface area contributed by atoms with Crippen LogP contribution in [0.4, 0.5) is 10.1 Å². The zero-order valence-electron chi connectivity index (χ0n) is 10.4. The van der Waals surface area contributed by atoms with Gasteiger partial charge in [-0.15, -0.1) is 0 Å². The van der Waals surface area contributed by atoms with Gasteiger partial charge in [0.25, 0.3) is 0 Å². The SMILES string of the molecule is COc1cc(CNc2ccc(O)c(F)c2)ccc1O. The van der Waals surface area contributed by atoms with Crippen molar-refractivity contribution in [3.05, 3.63) is 47.8 Å². The zero-order chi connectivity index (χ0) is 13.8. The van der Waals surface area contributed by atoms with Crippen LogP contribution in [0.2, 0.25) is 0 Å². The molecular weight excluding hydrogens is 249 g/mol. The monoisotopic (exact) mass is 263 g/mol. The van der Waals surface area contributed by atoms with Crippen molar-refractivity contribution in [2.45, 2.75) is 6.54 Å². The number of phenolic OH excluding ortho intramolecular Hbond substituents is 2. The number of aromatic hydroxyl groups is 2. The lowest BCUT2D eigenvalue weighted by atomic mass is 10.2. The van der Waals surface area contributed by atoms with Gasteiger partial charge < -0.3 is 20.3 Å². The largest absolute Gasteiger partial charge is 0.505 e. The van der Waals surface area contributed by atoms with Crippen LogP contribution in [0, 0.1) is 5.82 Å². The van der Waals surface area contributed by atoms with E-state index in [4.69, 9.17) is 9.84 Å². The third kappa shape index (κ3) is 3.07. The number of benzene rings is 2. The van der Waals surface area contributed by atoms with Gasteiger partial charge in [0.2, 0.25) is 0 Å². The van der Waals surface area contributed by atoms with Gasteiger partial charge in [0.05, 0.1) is 7.11 Å². The number of halogens is 1. The second kappa shape index (κ2) is 5.48. The van der Waals surface area contributed by atoms with E-state index in [1.54, 1.807) is 18.2 Å². The van der Waals surface area contributed by atoms with Gasteiger partial charge in [0.1, 0.15) is 0 Å². The summed E-state index contributed by atoms with van der Waals surface area (Å²) in [6, 6.07) is 9.05. The molecule has 0 unspecified atom stereocenters. The van der Waals surface area contributed by atoms with Crippen LogP contribution in [0.15, 0.2) is 36.4 Å². The van der Waals surface area contributed by atoms with Gasteiger partial charge in [-0.3, -0.25) is 0 Å². The number of ether oxygens (including phenoxy) is 1. The summed E-state index contributed by atoms with van der Waals surface area (Å²) in [5.41, 5.74) is 1.44. The summed E-state index contributed by atoms with van der Waals surface area (Å²) < 4.78 is 18.1. The number of hydrogen-bond donors (Lipinski definition) is 3. The van der Waals surface area contributed by atoms with Crippen molar-refractivity contribution >= 4 is 5.69 Å². The van der Waals surface area contributed by atoms with Crippen LogP contribution < -0.4 is 10.1 Å². The maximum Gasteiger partial charge on any atom is 0.166 e. The highest BCUT2D eigenvalue weighted by Crippen LogP contribution is 2.27. The van der Waals surface area contributed by atoms with E-state index in [0.717, 1.165) is 5.56 Å². The quantitative estimate of drug-likeness (QED) is 0.742. The van der Waals surface area contributed by atoms with Gasteiger partial charge in [0.15, 0.2) is 23.1 Å². The molecule has 0 atom stereocenters. The van der Waals surface area contributed by atoms with E-state index in [0.29, 0.717) is 18.0 Å². The second-order valence-electron chi connectivity index (χ2n) is 4.03. The first-order chi connectivity index (χ1) is 9.10.